The van der Waals surface area contributed by atoms with Gasteiger partial charge in [-0.15, -0.1) is 5.10 Å². The van der Waals surface area contributed by atoms with Crippen molar-refractivity contribution in [3.8, 4) is 5.69 Å². The largest absolute Gasteiger partial charge is 0.476 e. The van der Waals surface area contributed by atoms with Crippen LogP contribution in [-0.4, -0.2) is 26.1 Å². The summed E-state index contributed by atoms with van der Waals surface area (Å²) in [6.45, 7) is 1.45. The first-order valence-electron chi connectivity index (χ1n) is 4.61. The van der Waals surface area contributed by atoms with Crippen molar-refractivity contribution in [1.82, 2.24) is 15.0 Å². The molecule has 2 rings (SSSR count). The Bertz CT molecular complexity index is 575. The lowest BCUT2D eigenvalue weighted by Crippen LogP contribution is -2.03. The second-order valence-corrected chi connectivity index (χ2v) is 3.37. The van der Waals surface area contributed by atoms with Gasteiger partial charge in [-0.25, -0.2) is 18.3 Å². The monoisotopic (exact) mass is 239 g/mol. The molecule has 0 saturated carbocycles. The highest BCUT2D eigenvalue weighted by Crippen LogP contribution is 2.15. The number of aromatic carboxylic acids is 1. The van der Waals surface area contributed by atoms with E-state index < -0.39 is 17.6 Å². The van der Waals surface area contributed by atoms with Crippen LogP contribution in [0.4, 0.5) is 8.78 Å². The molecule has 1 aromatic carbocycles. The molecule has 0 aliphatic heterocycles. The molecule has 0 atom stereocenters. The van der Waals surface area contributed by atoms with Crippen LogP contribution in [0.15, 0.2) is 18.2 Å². The molecule has 0 aliphatic carbocycles. The summed E-state index contributed by atoms with van der Waals surface area (Å²) in [6, 6.07) is 2.79. The van der Waals surface area contributed by atoms with Crippen LogP contribution in [0.5, 0.6) is 0 Å². The standard InChI is InChI=1S/C10H7F2N3O2/c1-5-9(10(16)17)13-14-15(5)8-3-6(11)2-7(12)4-8/h2-4H,1H3,(H,16,17). The van der Waals surface area contributed by atoms with Crippen molar-refractivity contribution in [3.63, 3.8) is 0 Å². The van der Waals surface area contributed by atoms with Gasteiger partial charge in [-0.2, -0.15) is 0 Å². The molecule has 1 aromatic heterocycles. The van der Waals surface area contributed by atoms with Crippen LogP contribution in [0.25, 0.3) is 5.69 Å². The fraction of sp³-hybridized carbons (Fsp3) is 0.100. The van der Waals surface area contributed by atoms with Gasteiger partial charge < -0.3 is 5.11 Å². The number of carboxylic acid groups (broad SMARTS) is 1. The lowest BCUT2D eigenvalue weighted by atomic mass is 10.3. The van der Waals surface area contributed by atoms with Crippen LogP contribution >= 0.6 is 0 Å². The molecule has 1 heterocycles. The highest BCUT2D eigenvalue weighted by Gasteiger charge is 2.16. The minimum atomic E-state index is -1.24. The molecule has 2 aromatic rings. The highest BCUT2D eigenvalue weighted by atomic mass is 19.1. The topological polar surface area (TPSA) is 68.0 Å². The number of halogens is 2. The lowest BCUT2D eigenvalue weighted by Gasteiger charge is -2.03. The van der Waals surface area contributed by atoms with Crippen molar-refractivity contribution >= 4 is 5.97 Å². The Morgan fingerprint density at radius 1 is 1.29 bits per heavy atom. The predicted octanol–water partition coefficient (Wildman–Crippen LogP) is 1.55. The van der Waals surface area contributed by atoms with Crippen LogP contribution in [0.3, 0.4) is 0 Å². The van der Waals surface area contributed by atoms with Gasteiger partial charge in [-0.3, -0.25) is 0 Å². The number of nitrogens with zero attached hydrogens (tertiary/aromatic N) is 3. The van der Waals surface area contributed by atoms with Crippen LogP contribution in [0, 0.1) is 18.6 Å². The maximum absolute atomic E-state index is 13.0. The number of benzene rings is 1. The smallest absolute Gasteiger partial charge is 0.358 e. The van der Waals surface area contributed by atoms with Gasteiger partial charge in [0.15, 0.2) is 5.69 Å². The average Bonchev–Trinajstić information content (AvgIpc) is 2.58. The van der Waals surface area contributed by atoms with Gasteiger partial charge in [0.25, 0.3) is 0 Å². The van der Waals surface area contributed by atoms with E-state index in [1.807, 2.05) is 0 Å². The van der Waals surface area contributed by atoms with E-state index in [0.717, 1.165) is 16.8 Å². The van der Waals surface area contributed by atoms with E-state index in [2.05, 4.69) is 10.3 Å². The highest BCUT2D eigenvalue weighted by molar-refractivity contribution is 5.86. The number of hydrogen-bond donors (Lipinski definition) is 1. The number of carbonyl (C=O) groups is 1. The van der Waals surface area contributed by atoms with E-state index in [9.17, 15) is 13.6 Å². The van der Waals surface area contributed by atoms with Gasteiger partial charge in [0, 0.05) is 6.07 Å². The van der Waals surface area contributed by atoms with Crippen LogP contribution in [0.1, 0.15) is 16.2 Å². The summed E-state index contributed by atoms with van der Waals surface area (Å²) in [5.41, 5.74) is 0.0252. The molecule has 0 aliphatic rings. The molecule has 7 heteroatoms. The first kappa shape index (κ1) is 11.2. The van der Waals surface area contributed by atoms with Crippen molar-refractivity contribution < 1.29 is 18.7 Å². The zero-order valence-electron chi connectivity index (χ0n) is 8.69. The van der Waals surface area contributed by atoms with Gasteiger partial charge in [0.05, 0.1) is 11.4 Å². The molecular formula is C10H7F2N3O2. The van der Waals surface area contributed by atoms with E-state index in [4.69, 9.17) is 5.11 Å². The lowest BCUT2D eigenvalue weighted by molar-refractivity contribution is 0.0689. The third kappa shape index (κ3) is 1.99. The van der Waals surface area contributed by atoms with Crippen molar-refractivity contribution in [3.05, 3.63) is 41.2 Å². The summed E-state index contributed by atoms with van der Waals surface area (Å²) < 4.78 is 27.1. The molecule has 0 radical (unpaired) electrons. The minimum Gasteiger partial charge on any atom is -0.476 e. The summed E-state index contributed by atoms with van der Waals surface area (Å²) in [4.78, 5) is 10.7. The van der Waals surface area contributed by atoms with Crippen molar-refractivity contribution in [2.45, 2.75) is 6.92 Å². The Balaban J connectivity index is 2.57. The van der Waals surface area contributed by atoms with E-state index in [1.165, 1.54) is 6.92 Å². The molecule has 0 spiro atoms. The fourth-order valence-corrected chi connectivity index (χ4v) is 1.43. The fourth-order valence-electron chi connectivity index (χ4n) is 1.43. The summed E-state index contributed by atoms with van der Waals surface area (Å²) in [5, 5.41) is 15.7. The molecule has 0 saturated heterocycles. The molecule has 0 fully saturated rings. The molecule has 0 amide bonds. The van der Waals surface area contributed by atoms with Gasteiger partial charge in [-0.1, -0.05) is 5.21 Å². The Hall–Kier alpha value is -2.31. The first-order chi connectivity index (χ1) is 7.99. The Labute approximate surface area is 94.3 Å². The van der Waals surface area contributed by atoms with Crippen molar-refractivity contribution in [2.75, 3.05) is 0 Å². The van der Waals surface area contributed by atoms with E-state index in [0.29, 0.717) is 6.07 Å². The second kappa shape index (κ2) is 3.93. The molecular weight excluding hydrogens is 232 g/mol. The predicted molar refractivity (Wildman–Crippen MR) is 53.0 cm³/mol. The van der Waals surface area contributed by atoms with Gasteiger partial charge in [0.2, 0.25) is 0 Å². The first-order valence-corrected chi connectivity index (χ1v) is 4.61. The van der Waals surface area contributed by atoms with Crippen LogP contribution < -0.4 is 0 Å². The zero-order valence-corrected chi connectivity index (χ0v) is 8.69. The summed E-state index contributed by atoms with van der Waals surface area (Å²) in [5.74, 6) is -2.79. The van der Waals surface area contributed by atoms with E-state index in [-0.39, 0.29) is 17.1 Å². The maximum Gasteiger partial charge on any atom is 0.358 e. The number of carboxylic acids is 1. The molecule has 0 unspecified atom stereocenters. The van der Waals surface area contributed by atoms with Crippen molar-refractivity contribution in [2.24, 2.45) is 0 Å². The second-order valence-electron chi connectivity index (χ2n) is 3.37. The number of rotatable bonds is 2. The molecule has 1 N–H and O–H groups in total. The minimum absolute atomic E-state index is 0.0833. The molecule has 88 valence electrons. The molecule has 0 bridgehead atoms. The van der Waals surface area contributed by atoms with Crippen molar-refractivity contribution in [1.29, 1.82) is 0 Å². The Kier molecular flexibility index (Phi) is 2.58. The van der Waals surface area contributed by atoms with Gasteiger partial charge in [0.1, 0.15) is 11.6 Å². The third-order valence-corrected chi connectivity index (χ3v) is 2.19. The molecule has 5 nitrogen and oxygen atoms in total. The zero-order chi connectivity index (χ0) is 12.6. The average molecular weight is 239 g/mol. The van der Waals surface area contributed by atoms with Crippen LogP contribution in [0.2, 0.25) is 0 Å². The SMILES string of the molecule is Cc1c(C(=O)O)nnn1-c1cc(F)cc(F)c1. The van der Waals surface area contributed by atoms with E-state index in [1.54, 1.807) is 0 Å². The summed E-state index contributed by atoms with van der Waals surface area (Å²) in [6.07, 6.45) is 0. The van der Waals surface area contributed by atoms with Gasteiger partial charge in [-0.05, 0) is 19.1 Å². The Morgan fingerprint density at radius 2 is 1.88 bits per heavy atom. The quantitative estimate of drug-likeness (QED) is 0.863. The molecule has 17 heavy (non-hydrogen) atoms. The number of aromatic nitrogens is 3. The van der Waals surface area contributed by atoms with Gasteiger partial charge >= 0.3 is 5.97 Å². The summed E-state index contributed by atoms with van der Waals surface area (Å²) in [7, 11) is 0. The van der Waals surface area contributed by atoms with Crippen LogP contribution in [-0.2, 0) is 0 Å². The third-order valence-electron chi connectivity index (χ3n) is 2.19. The van der Waals surface area contributed by atoms with E-state index >= 15 is 0 Å². The number of hydrogen-bond acceptors (Lipinski definition) is 3. The normalized spacial score (nSPS) is 10.5. The summed E-state index contributed by atoms with van der Waals surface area (Å²) >= 11 is 0. The Morgan fingerprint density at radius 3 is 2.35 bits per heavy atom. The maximum atomic E-state index is 13.0.